The number of carbonyl (C=O) groups is 1. The molecule has 7 heteroatoms. The zero-order valence-corrected chi connectivity index (χ0v) is 12.6. The summed E-state index contributed by atoms with van der Waals surface area (Å²) in [6.45, 7) is 1.44. The highest BCUT2D eigenvalue weighted by Crippen LogP contribution is 2.41. The molecule has 0 radical (unpaired) electrons. The summed E-state index contributed by atoms with van der Waals surface area (Å²) in [5.74, 6) is 0.732. The minimum atomic E-state index is -0.455. The second kappa shape index (κ2) is 5.84. The van der Waals surface area contributed by atoms with E-state index in [1.807, 2.05) is 0 Å². The fourth-order valence-corrected chi connectivity index (χ4v) is 2.85. The van der Waals surface area contributed by atoms with Crippen molar-refractivity contribution in [3.8, 4) is 11.5 Å². The van der Waals surface area contributed by atoms with Crippen LogP contribution in [0.4, 0.5) is 5.69 Å². The molecule has 1 saturated carbocycles. The Kier molecular flexibility index (Phi) is 3.89. The molecule has 0 atom stereocenters. The van der Waals surface area contributed by atoms with Crippen molar-refractivity contribution >= 4 is 11.6 Å². The lowest BCUT2D eigenvalue weighted by molar-refractivity contribution is -0.114. The minimum Gasteiger partial charge on any atom is -0.370 e. The van der Waals surface area contributed by atoms with Gasteiger partial charge in [-0.15, -0.1) is 0 Å². The molecule has 0 aromatic carbocycles. The van der Waals surface area contributed by atoms with Crippen LogP contribution >= 0.6 is 0 Å². The van der Waals surface area contributed by atoms with Crippen LogP contribution in [0.25, 0.3) is 11.5 Å². The van der Waals surface area contributed by atoms with E-state index in [-0.39, 0.29) is 5.91 Å². The van der Waals surface area contributed by atoms with E-state index in [1.165, 1.54) is 6.92 Å². The number of amides is 1. The highest BCUT2D eigenvalue weighted by atomic mass is 16.5. The third kappa shape index (κ3) is 2.59. The Hall–Kier alpha value is -2.28. The van der Waals surface area contributed by atoms with Crippen molar-refractivity contribution in [2.45, 2.75) is 38.2 Å². The summed E-state index contributed by atoms with van der Waals surface area (Å²) in [6, 6.07) is 1.73. The van der Waals surface area contributed by atoms with Crippen LogP contribution in [0.2, 0.25) is 0 Å². The molecule has 2 heterocycles. The Balaban J connectivity index is 1.96. The summed E-state index contributed by atoms with van der Waals surface area (Å²) in [5, 5.41) is 6.81. The predicted molar refractivity (Wildman–Crippen MR) is 79.0 cm³/mol. The first-order valence-electron chi connectivity index (χ1n) is 7.26. The second-order valence-corrected chi connectivity index (χ2v) is 5.43. The normalized spacial score (nSPS) is 16.6. The Labute approximate surface area is 128 Å². The molecular formula is C15H18N4O3. The van der Waals surface area contributed by atoms with Crippen molar-refractivity contribution in [1.82, 2.24) is 15.1 Å². The maximum atomic E-state index is 11.3. The SMILES string of the molecule is COC1(c2noc(-c3ccncc3NC(C)=O)n2)CCCC1. The lowest BCUT2D eigenvalue weighted by Gasteiger charge is -2.22. The van der Waals surface area contributed by atoms with Gasteiger partial charge in [-0.2, -0.15) is 4.98 Å². The van der Waals surface area contributed by atoms with Gasteiger partial charge < -0.3 is 14.6 Å². The van der Waals surface area contributed by atoms with E-state index >= 15 is 0 Å². The van der Waals surface area contributed by atoms with Gasteiger partial charge in [0.1, 0.15) is 5.60 Å². The largest absolute Gasteiger partial charge is 0.370 e. The topological polar surface area (TPSA) is 90.1 Å². The summed E-state index contributed by atoms with van der Waals surface area (Å²) in [5.41, 5.74) is 0.736. The van der Waals surface area contributed by atoms with Crippen LogP contribution in [-0.4, -0.2) is 28.1 Å². The van der Waals surface area contributed by atoms with Gasteiger partial charge in [0, 0.05) is 20.2 Å². The van der Waals surface area contributed by atoms with Crippen molar-refractivity contribution in [1.29, 1.82) is 0 Å². The van der Waals surface area contributed by atoms with Crippen molar-refractivity contribution in [3.63, 3.8) is 0 Å². The van der Waals surface area contributed by atoms with Gasteiger partial charge in [-0.25, -0.2) is 0 Å². The highest BCUT2D eigenvalue weighted by molar-refractivity contribution is 5.92. The average Bonchev–Trinajstić information content (AvgIpc) is 3.17. The second-order valence-electron chi connectivity index (χ2n) is 5.43. The van der Waals surface area contributed by atoms with E-state index in [1.54, 1.807) is 25.6 Å². The summed E-state index contributed by atoms with van der Waals surface area (Å²) in [7, 11) is 1.68. The van der Waals surface area contributed by atoms with Gasteiger partial charge >= 0.3 is 0 Å². The number of anilines is 1. The standard InChI is InChI=1S/C15H18N4O3/c1-10(20)17-12-9-16-8-5-11(12)13-18-14(19-22-13)15(21-2)6-3-4-7-15/h5,8-9H,3-4,6-7H2,1-2H3,(H,17,20). The zero-order chi connectivity index (χ0) is 15.6. The highest BCUT2D eigenvalue weighted by Gasteiger charge is 2.40. The summed E-state index contributed by atoms with van der Waals surface area (Å²) in [6.07, 6.45) is 7.12. The molecule has 0 saturated heterocycles. The number of ether oxygens (including phenoxy) is 1. The number of nitrogens with one attached hydrogen (secondary N) is 1. The van der Waals surface area contributed by atoms with Gasteiger partial charge in [0.25, 0.3) is 5.89 Å². The molecule has 7 nitrogen and oxygen atoms in total. The summed E-state index contributed by atoms with van der Waals surface area (Å²) >= 11 is 0. The number of methoxy groups -OCH3 is 1. The molecule has 1 aliphatic rings. The van der Waals surface area contributed by atoms with E-state index in [0.717, 1.165) is 25.7 Å². The minimum absolute atomic E-state index is 0.182. The van der Waals surface area contributed by atoms with Crippen LogP contribution in [0.15, 0.2) is 23.0 Å². The van der Waals surface area contributed by atoms with Crippen molar-refractivity contribution in [3.05, 3.63) is 24.3 Å². The number of aromatic nitrogens is 3. The molecule has 0 spiro atoms. The Morgan fingerprint density at radius 2 is 2.18 bits per heavy atom. The molecule has 1 fully saturated rings. The van der Waals surface area contributed by atoms with E-state index in [0.29, 0.717) is 23.0 Å². The number of rotatable bonds is 4. The molecule has 2 aromatic heterocycles. The van der Waals surface area contributed by atoms with Gasteiger partial charge in [0.2, 0.25) is 11.7 Å². The molecular weight excluding hydrogens is 284 g/mol. The maximum absolute atomic E-state index is 11.3. The first-order valence-corrected chi connectivity index (χ1v) is 7.26. The fraction of sp³-hybridized carbons (Fsp3) is 0.467. The van der Waals surface area contributed by atoms with Gasteiger partial charge in [0.15, 0.2) is 0 Å². The van der Waals surface area contributed by atoms with Gasteiger partial charge in [0.05, 0.1) is 17.4 Å². The first-order chi connectivity index (χ1) is 10.6. The molecule has 116 valence electrons. The Morgan fingerprint density at radius 1 is 1.41 bits per heavy atom. The molecule has 3 rings (SSSR count). The van der Waals surface area contributed by atoms with E-state index < -0.39 is 5.60 Å². The van der Waals surface area contributed by atoms with Crippen LogP contribution in [0, 0.1) is 0 Å². The molecule has 1 aliphatic carbocycles. The average molecular weight is 302 g/mol. The molecule has 0 aliphatic heterocycles. The molecule has 1 N–H and O–H groups in total. The smallest absolute Gasteiger partial charge is 0.260 e. The quantitative estimate of drug-likeness (QED) is 0.933. The van der Waals surface area contributed by atoms with Crippen LogP contribution in [-0.2, 0) is 15.1 Å². The van der Waals surface area contributed by atoms with Crippen molar-refractivity contribution < 1.29 is 14.1 Å². The van der Waals surface area contributed by atoms with Gasteiger partial charge in [-0.05, 0) is 31.7 Å². The molecule has 0 unspecified atom stereocenters. The molecule has 1 amide bonds. The Bertz CT molecular complexity index is 677. The van der Waals surface area contributed by atoms with Crippen LogP contribution in [0.3, 0.4) is 0 Å². The Morgan fingerprint density at radius 3 is 2.86 bits per heavy atom. The van der Waals surface area contributed by atoms with Crippen LogP contribution in [0.5, 0.6) is 0 Å². The number of hydrogen-bond donors (Lipinski definition) is 1. The third-order valence-corrected chi connectivity index (χ3v) is 4.00. The molecule has 22 heavy (non-hydrogen) atoms. The van der Waals surface area contributed by atoms with Gasteiger partial charge in [-0.3, -0.25) is 9.78 Å². The molecule has 0 bridgehead atoms. The van der Waals surface area contributed by atoms with Crippen molar-refractivity contribution in [2.75, 3.05) is 12.4 Å². The monoisotopic (exact) mass is 302 g/mol. The summed E-state index contributed by atoms with van der Waals surface area (Å²) in [4.78, 5) is 19.8. The first kappa shape index (κ1) is 14.6. The predicted octanol–water partition coefficient (Wildman–Crippen LogP) is 2.51. The fourth-order valence-electron chi connectivity index (χ4n) is 2.85. The lowest BCUT2D eigenvalue weighted by atomic mass is 10.0. The number of pyridine rings is 1. The maximum Gasteiger partial charge on any atom is 0.260 e. The third-order valence-electron chi connectivity index (χ3n) is 4.00. The van der Waals surface area contributed by atoms with E-state index in [4.69, 9.17) is 9.26 Å². The van der Waals surface area contributed by atoms with Crippen molar-refractivity contribution in [2.24, 2.45) is 0 Å². The van der Waals surface area contributed by atoms with E-state index in [9.17, 15) is 4.79 Å². The van der Waals surface area contributed by atoms with Crippen LogP contribution in [0.1, 0.15) is 38.4 Å². The van der Waals surface area contributed by atoms with Crippen LogP contribution < -0.4 is 5.32 Å². The zero-order valence-electron chi connectivity index (χ0n) is 12.6. The molecule has 2 aromatic rings. The number of hydrogen-bond acceptors (Lipinski definition) is 6. The number of carbonyl (C=O) groups excluding carboxylic acids is 1. The van der Waals surface area contributed by atoms with Gasteiger partial charge in [-0.1, -0.05) is 5.16 Å². The number of nitrogens with zero attached hydrogens (tertiary/aromatic N) is 3. The lowest BCUT2D eigenvalue weighted by Crippen LogP contribution is -2.25. The van der Waals surface area contributed by atoms with E-state index in [2.05, 4.69) is 20.4 Å². The summed E-state index contributed by atoms with van der Waals surface area (Å²) < 4.78 is 11.1.